The minimum Gasteiger partial charge on any atom is -0.378 e. The highest BCUT2D eigenvalue weighted by Crippen LogP contribution is 2.22. The molecule has 0 bridgehead atoms. The van der Waals surface area contributed by atoms with Gasteiger partial charge < -0.3 is 9.80 Å². The molecule has 0 fully saturated rings. The normalized spacial score (nSPS) is 13.0. The molecule has 2 aromatic carbocycles. The van der Waals surface area contributed by atoms with Crippen molar-refractivity contribution in [1.82, 2.24) is 9.62 Å². The fourth-order valence-electron chi connectivity index (χ4n) is 2.52. The first-order chi connectivity index (χ1) is 11.7. The maximum Gasteiger partial charge on any atom is 0.243 e. The molecule has 5 nitrogen and oxygen atoms in total. The molecule has 0 amide bonds. The summed E-state index contributed by atoms with van der Waals surface area (Å²) in [6.07, 6.45) is 0. The molecule has 136 valence electrons. The number of nitrogens with one attached hydrogen (secondary N) is 1. The molecule has 2 aromatic rings. The molecular formula is C18H24FN3O2S. The number of rotatable bonds is 7. The highest BCUT2D eigenvalue weighted by Gasteiger charge is 2.22. The third-order valence-corrected chi connectivity index (χ3v) is 5.47. The number of halogens is 1. The lowest BCUT2D eigenvalue weighted by Gasteiger charge is -2.25. The fourth-order valence-corrected chi connectivity index (χ4v) is 3.64. The van der Waals surface area contributed by atoms with E-state index in [1.54, 1.807) is 0 Å². The highest BCUT2D eigenvalue weighted by atomic mass is 32.2. The molecule has 25 heavy (non-hydrogen) atoms. The van der Waals surface area contributed by atoms with E-state index in [1.165, 1.54) is 18.2 Å². The molecule has 0 radical (unpaired) electrons. The summed E-state index contributed by atoms with van der Waals surface area (Å²) in [5, 5.41) is 0. The van der Waals surface area contributed by atoms with Gasteiger partial charge in [-0.3, -0.25) is 0 Å². The molecule has 0 aliphatic heterocycles. The number of hydrogen-bond acceptors (Lipinski definition) is 4. The number of hydrogen-bond donors (Lipinski definition) is 1. The zero-order valence-electron chi connectivity index (χ0n) is 14.9. The minimum atomic E-state index is -3.91. The zero-order valence-corrected chi connectivity index (χ0v) is 15.7. The van der Waals surface area contributed by atoms with E-state index in [0.29, 0.717) is 0 Å². The molecule has 2 rings (SSSR count). The Balaban J connectivity index is 2.18. The minimum absolute atomic E-state index is 0.144. The summed E-state index contributed by atoms with van der Waals surface area (Å²) in [4.78, 5) is 3.58. The molecule has 0 aliphatic rings. The van der Waals surface area contributed by atoms with Gasteiger partial charge in [0.2, 0.25) is 10.0 Å². The van der Waals surface area contributed by atoms with Crippen LogP contribution in [0.15, 0.2) is 53.4 Å². The van der Waals surface area contributed by atoms with Crippen molar-refractivity contribution in [3.05, 3.63) is 59.9 Å². The lowest BCUT2D eigenvalue weighted by molar-refractivity contribution is 0.299. The maximum absolute atomic E-state index is 13.8. The van der Waals surface area contributed by atoms with Gasteiger partial charge in [0, 0.05) is 32.4 Å². The van der Waals surface area contributed by atoms with Crippen molar-refractivity contribution >= 4 is 15.7 Å². The summed E-state index contributed by atoms with van der Waals surface area (Å²) in [6.45, 7) is 0.144. The monoisotopic (exact) mass is 365 g/mol. The third kappa shape index (κ3) is 4.78. The summed E-state index contributed by atoms with van der Waals surface area (Å²) in [5.74, 6) is -0.758. The molecule has 7 heteroatoms. The van der Waals surface area contributed by atoms with Crippen LogP contribution in [0, 0.1) is 5.82 Å². The Bertz CT molecular complexity index is 805. The zero-order chi connectivity index (χ0) is 18.6. The van der Waals surface area contributed by atoms with Gasteiger partial charge in [0.05, 0.1) is 0 Å². The second-order valence-electron chi connectivity index (χ2n) is 6.25. The van der Waals surface area contributed by atoms with Crippen LogP contribution in [0.5, 0.6) is 0 Å². The van der Waals surface area contributed by atoms with Crippen LogP contribution in [0.2, 0.25) is 0 Å². The van der Waals surface area contributed by atoms with Crippen LogP contribution in [0.4, 0.5) is 10.1 Å². The highest BCUT2D eigenvalue weighted by molar-refractivity contribution is 7.89. The molecule has 0 unspecified atom stereocenters. The first-order valence-corrected chi connectivity index (χ1v) is 9.38. The lowest BCUT2D eigenvalue weighted by Crippen LogP contribution is -2.34. The molecule has 0 aliphatic carbocycles. The first-order valence-electron chi connectivity index (χ1n) is 7.90. The average Bonchev–Trinajstić information content (AvgIpc) is 2.55. The van der Waals surface area contributed by atoms with Crippen LogP contribution in [0.25, 0.3) is 0 Å². The SMILES string of the molecule is CN(C)c1ccc([C@@H](CNS(=O)(=O)c2ccccc2F)N(C)C)cc1. The van der Waals surface area contributed by atoms with Gasteiger partial charge in [0.25, 0.3) is 0 Å². The summed E-state index contributed by atoms with van der Waals surface area (Å²) in [5.41, 5.74) is 2.04. The van der Waals surface area contributed by atoms with Gasteiger partial charge in [-0.05, 0) is 43.9 Å². The molecule has 0 spiro atoms. The fraction of sp³-hybridized carbons (Fsp3) is 0.333. The number of likely N-dealkylation sites (N-methyl/N-ethyl adjacent to an activating group) is 1. The second kappa shape index (κ2) is 7.95. The molecule has 0 heterocycles. The Morgan fingerprint density at radius 2 is 1.60 bits per heavy atom. The molecule has 0 saturated heterocycles. The summed E-state index contributed by atoms with van der Waals surface area (Å²) >= 11 is 0. The first kappa shape index (κ1) is 19.4. The topological polar surface area (TPSA) is 52.7 Å². The predicted molar refractivity (Wildman–Crippen MR) is 98.8 cm³/mol. The van der Waals surface area contributed by atoms with Crippen LogP contribution >= 0.6 is 0 Å². The number of benzene rings is 2. The Labute approximate surface area is 149 Å². The maximum atomic E-state index is 13.8. The molecule has 0 saturated carbocycles. The Hall–Kier alpha value is -1.96. The van der Waals surface area contributed by atoms with Crippen molar-refractivity contribution in [3.63, 3.8) is 0 Å². The van der Waals surface area contributed by atoms with Crippen LogP contribution in [0.1, 0.15) is 11.6 Å². The van der Waals surface area contributed by atoms with Gasteiger partial charge in [-0.2, -0.15) is 0 Å². The van der Waals surface area contributed by atoms with Crippen molar-refractivity contribution in [2.24, 2.45) is 0 Å². The lowest BCUT2D eigenvalue weighted by atomic mass is 10.1. The smallest absolute Gasteiger partial charge is 0.243 e. The quantitative estimate of drug-likeness (QED) is 0.819. The average molecular weight is 365 g/mol. The van der Waals surface area contributed by atoms with Gasteiger partial charge in [0.1, 0.15) is 10.7 Å². The van der Waals surface area contributed by atoms with E-state index >= 15 is 0 Å². The second-order valence-corrected chi connectivity index (χ2v) is 7.98. The summed E-state index contributed by atoms with van der Waals surface area (Å²) in [6, 6.07) is 13.1. The van der Waals surface area contributed by atoms with Crippen molar-refractivity contribution in [3.8, 4) is 0 Å². The van der Waals surface area contributed by atoms with Crippen molar-refractivity contribution in [1.29, 1.82) is 0 Å². The van der Waals surface area contributed by atoms with Crippen LogP contribution in [-0.2, 0) is 10.0 Å². The van der Waals surface area contributed by atoms with Gasteiger partial charge in [-0.25, -0.2) is 17.5 Å². The van der Waals surface area contributed by atoms with Crippen molar-refractivity contribution in [2.75, 3.05) is 39.6 Å². The molecule has 1 N–H and O–H groups in total. The Morgan fingerprint density at radius 1 is 1.00 bits per heavy atom. The van der Waals surface area contributed by atoms with Crippen LogP contribution in [-0.4, -0.2) is 48.1 Å². The van der Waals surface area contributed by atoms with Gasteiger partial charge in [0.15, 0.2) is 0 Å². The summed E-state index contributed by atoms with van der Waals surface area (Å²) < 4.78 is 41.0. The van der Waals surface area contributed by atoms with E-state index in [1.807, 2.05) is 62.3 Å². The van der Waals surface area contributed by atoms with Crippen molar-refractivity contribution in [2.45, 2.75) is 10.9 Å². The van der Waals surface area contributed by atoms with E-state index in [9.17, 15) is 12.8 Å². The Kier molecular flexibility index (Phi) is 6.16. The van der Waals surface area contributed by atoms with Gasteiger partial charge in [-0.15, -0.1) is 0 Å². The van der Waals surface area contributed by atoms with E-state index in [2.05, 4.69) is 4.72 Å². The van der Waals surface area contributed by atoms with E-state index < -0.39 is 15.8 Å². The van der Waals surface area contributed by atoms with Gasteiger partial charge in [-0.1, -0.05) is 24.3 Å². The van der Waals surface area contributed by atoms with Crippen LogP contribution in [0.3, 0.4) is 0 Å². The van der Waals surface area contributed by atoms with E-state index in [0.717, 1.165) is 17.3 Å². The predicted octanol–water partition coefficient (Wildman–Crippen LogP) is 2.47. The van der Waals surface area contributed by atoms with E-state index in [4.69, 9.17) is 0 Å². The molecule has 1 atom stereocenters. The standard InChI is InChI=1S/C18H24FN3O2S/c1-21(2)15-11-9-14(10-12-15)17(22(3)4)13-20-25(23,24)18-8-6-5-7-16(18)19/h5-12,17,20H,13H2,1-4H3/t17-/m1/s1. The number of nitrogens with zero attached hydrogens (tertiary/aromatic N) is 2. The van der Waals surface area contributed by atoms with Gasteiger partial charge >= 0.3 is 0 Å². The third-order valence-electron chi connectivity index (χ3n) is 4.01. The summed E-state index contributed by atoms with van der Waals surface area (Å²) in [7, 11) is 3.76. The Morgan fingerprint density at radius 3 is 2.12 bits per heavy atom. The molecular weight excluding hydrogens is 341 g/mol. The largest absolute Gasteiger partial charge is 0.378 e. The number of anilines is 1. The van der Waals surface area contributed by atoms with Crippen molar-refractivity contribution < 1.29 is 12.8 Å². The molecule has 0 aromatic heterocycles. The van der Waals surface area contributed by atoms with Crippen LogP contribution < -0.4 is 9.62 Å². The number of sulfonamides is 1. The van der Waals surface area contributed by atoms with E-state index in [-0.39, 0.29) is 17.5 Å².